The van der Waals surface area contributed by atoms with E-state index in [0.29, 0.717) is 16.3 Å². The number of amides is 1. The lowest BCUT2D eigenvalue weighted by Gasteiger charge is -2.16. The third-order valence-electron chi connectivity index (χ3n) is 3.62. The molecule has 0 aliphatic carbocycles. The Morgan fingerprint density at radius 1 is 1.24 bits per heavy atom. The van der Waals surface area contributed by atoms with E-state index in [1.54, 1.807) is 25.1 Å². The van der Waals surface area contributed by atoms with Crippen molar-refractivity contribution >= 4 is 35.1 Å². The van der Waals surface area contributed by atoms with Crippen molar-refractivity contribution in [1.29, 1.82) is 0 Å². The molecular weight excluding hydrogens is 369 g/mol. The Hall–Kier alpha value is -2.25. The summed E-state index contributed by atoms with van der Waals surface area (Å²) in [5, 5.41) is 5.73. The van der Waals surface area contributed by atoms with E-state index in [2.05, 4.69) is 10.2 Å². The summed E-state index contributed by atoms with van der Waals surface area (Å²) in [6, 6.07) is 4.79. The Kier molecular flexibility index (Phi) is 6.27. The van der Waals surface area contributed by atoms with E-state index < -0.39 is 23.4 Å². The highest BCUT2D eigenvalue weighted by molar-refractivity contribution is 6.42. The van der Waals surface area contributed by atoms with Gasteiger partial charge in [-0.15, -0.1) is 0 Å². The second-order valence-electron chi connectivity index (χ2n) is 5.35. The Morgan fingerprint density at radius 2 is 1.96 bits per heavy atom. The van der Waals surface area contributed by atoms with Gasteiger partial charge in [0.2, 0.25) is 5.91 Å². The molecule has 0 saturated heterocycles. The van der Waals surface area contributed by atoms with Crippen LogP contribution in [-0.4, -0.2) is 28.7 Å². The van der Waals surface area contributed by atoms with Crippen LogP contribution < -0.4 is 11.3 Å². The first-order chi connectivity index (χ1) is 11.8. The maximum Gasteiger partial charge on any atom is 0.311 e. The molecule has 0 saturated carbocycles. The molecule has 2 aromatic rings. The predicted octanol–water partition coefficient (Wildman–Crippen LogP) is 2.12. The average molecular weight is 386 g/mol. The van der Waals surface area contributed by atoms with Crippen molar-refractivity contribution in [3.05, 3.63) is 55.4 Å². The van der Waals surface area contributed by atoms with Gasteiger partial charge in [-0.25, -0.2) is 0 Å². The molecule has 0 aliphatic heterocycles. The molecule has 134 valence electrons. The summed E-state index contributed by atoms with van der Waals surface area (Å²) < 4.78 is 4.91. The van der Waals surface area contributed by atoms with Gasteiger partial charge in [-0.1, -0.05) is 29.3 Å². The smallest absolute Gasteiger partial charge is 0.311 e. The molecule has 0 unspecified atom stereocenters. The minimum Gasteiger partial charge on any atom is -0.466 e. The van der Waals surface area contributed by atoms with E-state index in [1.165, 1.54) is 0 Å². The third-order valence-corrected chi connectivity index (χ3v) is 4.36. The zero-order valence-electron chi connectivity index (χ0n) is 13.4. The lowest BCUT2D eigenvalue weighted by Crippen LogP contribution is -2.22. The number of hydrogen-bond donors (Lipinski definition) is 3. The van der Waals surface area contributed by atoms with Crippen LogP contribution >= 0.6 is 23.2 Å². The molecule has 0 aliphatic rings. The normalized spacial score (nSPS) is 12.0. The van der Waals surface area contributed by atoms with Gasteiger partial charge in [-0.05, 0) is 24.6 Å². The minimum atomic E-state index is -0.674. The quantitative estimate of drug-likeness (QED) is 0.632. The second-order valence-corrected chi connectivity index (χ2v) is 6.16. The molecule has 0 bridgehead atoms. The van der Waals surface area contributed by atoms with Crippen molar-refractivity contribution in [3.63, 3.8) is 0 Å². The summed E-state index contributed by atoms with van der Waals surface area (Å²) in [6.45, 7) is 1.91. The first kappa shape index (κ1) is 19.1. The highest BCUT2D eigenvalue weighted by Crippen LogP contribution is 2.32. The van der Waals surface area contributed by atoms with E-state index in [0.717, 1.165) is 0 Å². The van der Waals surface area contributed by atoms with E-state index in [1.807, 2.05) is 0 Å². The third kappa shape index (κ3) is 4.64. The number of aromatic nitrogens is 2. The highest BCUT2D eigenvalue weighted by Gasteiger charge is 2.26. The van der Waals surface area contributed by atoms with Crippen LogP contribution in [0.5, 0.6) is 0 Å². The van der Waals surface area contributed by atoms with Gasteiger partial charge < -0.3 is 15.6 Å². The summed E-state index contributed by atoms with van der Waals surface area (Å²) in [6.07, 6.45) is -0.271. The van der Waals surface area contributed by atoms with Crippen LogP contribution in [-0.2, 0) is 20.7 Å². The fourth-order valence-electron chi connectivity index (χ4n) is 2.59. The summed E-state index contributed by atoms with van der Waals surface area (Å²) in [4.78, 5) is 35.6. The number of esters is 1. The van der Waals surface area contributed by atoms with Crippen LogP contribution in [0.2, 0.25) is 10.0 Å². The van der Waals surface area contributed by atoms with E-state index in [4.69, 9.17) is 33.7 Å². The number of H-pyrrole nitrogens is 2. The molecule has 7 nitrogen and oxygen atoms in total. The van der Waals surface area contributed by atoms with E-state index in [9.17, 15) is 14.4 Å². The van der Waals surface area contributed by atoms with Crippen LogP contribution in [0.15, 0.2) is 23.0 Å². The topological polar surface area (TPSA) is 118 Å². The lowest BCUT2D eigenvalue weighted by molar-refractivity contribution is -0.142. The van der Waals surface area contributed by atoms with Gasteiger partial charge in [-0.2, -0.15) is 0 Å². The van der Waals surface area contributed by atoms with E-state index in [-0.39, 0.29) is 30.0 Å². The van der Waals surface area contributed by atoms with Crippen LogP contribution in [0.4, 0.5) is 0 Å². The molecule has 2 rings (SSSR count). The molecule has 1 aromatic heterocycles. The van der Waals surface area contributed by atoms with Gasteiger partial charge in [-0.3, -0.25) is 19.5 Å². The first-order valence-corrected chi connectivity index (χ1v) is 8.27. The van der Waals surface area contributed by atoms with Crippen LogP contribution in [0, 0.1) is 0 Å². The Bertz CT molecular complexity index is 844. The molecule has 0 fully saturated rings. The van der Waals surface area contributed by atoms with Crippen molar-refractivity contribution < 1.29 is 14.3 Å². The molecule has 9 heteroatoms. The molecule has 1 heterocycles. The van der Waals surface area contributed by atoms with Crippen molar-refractivity contribution in [1.82, 2.24) is 10.2 Å². The highest BCUT2D eigenvalue weighted by atomic mass is 35.5. The Labute approximate surface area is 153 Å². The van der Waals surface area contributed by atoms with Gasteiger partial charge >= 0.3 is 5.97 Å². The SMILES string of the molecule is CCOC(=O)Cc1[nH][nH]c(=O)c1[C@@H](CC(N)=O)c1ccc(Cl)c(Cl)c1. The largest absolute Gasteiger partial charge is 0.466 e. The molecule has 0 spiro atoms. The van der Waals surface area contributed by atoms with Crippen LogP contribution in [0.25, 0.3) is 0 Å². The first-order valence-electron chi connectivity index (χ1n) is 7.51. The number of ether oxygens (including phenoxy) is 1. The van der Waals surface area contributed by atoms with Gasteiger partial charge in [0.15, 0.2) is 0 Å². The molecule has 1 aromatic carbocycles. The summed E-state index contributed by atoms with van der Waals surface area (Å²) in [5.74, 6) is -1.77. The van der Waals surface area contributed by atoms with Crippen LogP contribution in [0.1, 0.15) is 36.1 Å². The van der Waals surface area contributed by atoms with Crippen molar-refractivity contribution in [2.45, 2.75) is 25.7 Å². The number of rotatable bonds is 7. The lowest BCUT2D eigenvalue weighted by atomic mass is 9.87. The van der Waals surface area contributed by atoms with Crippen molar-refractivity contribution in [3.8, 4) is 0 Å². The average Bonchev–Trinajstić information content (AvgIpc) is 2.88. The molecule has 25 heavy (non-hydrogen) atoms. The van der Waals surface area contributed by atoms with Crippen molar-refractivity contribution in [2.24, 2.45) is 5.73 Å². The standard InChI is InChI=1S/C16H17Cl2N3O4/c1-2-25-14(23)7-12-15(16(24)21-20-12)9(6-13(19)22)8-3-4-10(17)11(18)5-8/h3-5,9H,2,6-7H2,1H3,(H2,19,22)(H2,20,21,24)/t9-/m0/s1. The minimum absolute atomic E-state index is 0.130. The monoisotopic (exact) mass is 385 g/mol. The molecule has 4 N–H and O–H groups in total. The number of carbonyl (C=O) groups is 2. The van der Waals surface area contributed by atoms with Gasteiger partial charge in [0.05, 0.1) is 28.8 Å². The van der Waals surface area contributed by atoms with E-state index >= 15 is 0 Å². The summed E-state index contributed by atoms with van der Waals surface area (Å²) in [5.41, 5.74) is 6.06. The van der Waals surface area contributed by atoms with Gasteiger partial charge in [0.1, 0.15) is 0 Å². The molecule has 1 amide bonds. The van der Waals surface area contributed by atoms with Gasteiger partial charge in [0.25, 0.3) is 5.56 Å². The Balaban J connectivity index is 2.49. The number of halogens is 2. The maximum atomic E-state index is 12.3. The summed E-state index contributed by atoms with van der Waals surface area (Å²) in [7, 11) is 0. The zero-order chi connectivity index (χ0) is 18.6. The van der Waals surface area contributed by atoms with Crippen molar-refractivity contribution in [2.75, 3.05) is 6.61 Å². The zero-order valence-corrected chi connectivity index (χ0v) is 14.9. The molecule has 1 atom stereocenters. The summed E-state index contributed by atoms with van der Waals surface area (Å²) >= 11 is 12.0. The number of nitrogens with two attached hydrogens (primary N) is 1. The van der Waals surface area contributed by atoms with Gasteiger partial charge in [0, 0.05) is 17.9 Å². The Morgan fingerprint density at radius 3 is 2.56 bits per heavy atom. The second kappa shape index (κ2) is 8.22. The molecule has 0 radical (unpaired) electrons. The number of benzene rings is 1. The number of aromatic amines is 2. The predicted molar refractivity (Wildman–Crippen MR) is 93.9 cm³/mol. The molecular formula is C16H17Cl2N3O4. The number of nitrogens with one attached hydrogen (secondary N) is 2. The maximum absolute atomic E-state index is 12.3. The fourth-order valence-corrected chi connectivity index (χ4v) is 2.89. The number of carbonyl (C=O) groups excluding carboxylic acids is 2. The number of hydrogen-bond acceptors (Lipinski definition) is 4. The van der Waals surface area contributed by atoms with Crippen LogP contribution in [0.3, 0.4) is 0 Å². The number of primary amides is 1. The fraction of sp³-hybridized carbons (Fsp3) is 0.312.